The minimum atomic E-state index is 0.142. The van der Waals surface area contributed by atoms with Crippen molar-refractivity contribution in [2.24, 2.45) is 5.41 Å². The molecule has 1 rings (SSSR count). The van der Waals surface area contributed by atoms with Gasteiger partial charge in [0.15, 0.2) is 5.78 Å². The van der Waals surface area contributed by atoms with Gasteiger partial charge in [0.1, 0.15) is 0 Å². The maximum atomic E-state index is 11.3. The van der Waals surface area contributed by atoms with E-state index in [4.69, 9.17) is 0 Å². The largest absolute Gasteiger partial charge is 0.295 e. The van der Waals surface area contributed by atoms with Crippen LogP contribution in [0.3, 0.4) is 0 Å². The molecule has 0 bridgehead atoms. The number of ketones is 1. The molecule has 0 atom stereocenters. The van der Waals surface area contributed by atoms with Crippen LogP contribution in [0.15, 0.2) is 11.6 Å². The fourth-order valence-electron chi connectivity index (χ4n) is 2.14. The van der Waals surface area contributed by atoms with Gasteiger partial charge in [0.05, 0.1) is 0 Å². The number of hydrogen-bond acceptors (Lipinski definition) is 1. The van der Waals surface area contributed by atoms with Gasteiger partial charge in [0.2, 0.25) is 0 Å². The summed E-state index contributed by atoms with van der Waals surface area (Å²) < 4.78 is 0. The molecule has 0 N–H and O–H groups in total. The molecular weight excluding hydrogens is 172 g/mol. The first-order valence-electron chi connectivity index (χ1n) is 5.80. The van der Waals surface area contributed by atoms with Gasteiger partial charge >= 0.3 is 0 Å². The second kappa shape index (κ2) is 4.77. The zero-order chi connectivity index (χ0) is 10.6. The molecule has 0 heterocycles. The number of rotatable bonds is 5. The highest BCUT2D eigenvalue weighted by molar-refractivity contribution is 5.94. The molecule has 0 saturated carbocycles. The Labute approximate surface area is 87.6 Å². The van der Waals surface area contributed by atoms with E-state index in [9.17, 15) is 4.79 Å². The normalized spacial score (nSPS) is 19.9. The first-order chi connectivity index (χ1) is 6.56. The fourth-order valence-corrected chi connectivity index (χ4v) is 2.14. The third-order valence-electron chi connectivity index (χ3n) is 3.12. The Morgan fingerprint density at radius 1 is 1.29 bits per heavy atom. The van der Waals surface area contributed by atoms with Gasteiger partial charge in [0, 0.05) is 6.42 Å². The Balaban J connectivity index is 2.36. The van der Waals surface area contributed by atoms with Crippen molar-refractivity contribution in [3.05, 3.63) is 11.6 Å². The van der Waals surface area contributed by atoms with Crippen LogP contribution < -0.4 is 0 Å². The minimum absolute atomic E-state index is 0.142. The van der Waals surface area contributed by atoms with Crippen LogP contribution in [-0.4, -0.2) is 5.78 Å². The van der Waals surface area contributed by atoms with E-state index >= 15 is 0 Å². The summed E-state index contributed by atoms with van der Waals surface area (Å²) >= 11 is 0. The SMILES string of the molecule is CCCCCCC1=CC(=O)CC1(C)C. The summed E-state index contributed by atoms with van der Waals surface area (Å²) in [5, 5.41) is 0. The van der Waals surface area contributed by atoms with Crippen LogP contribution in [0.1, 0.15) is 59.3 Å². The van der Waals surface area contributed by atoms with E-state index < -0.39 is 0 Å². The molecule has 1 heteroatoms. The average molecular weight is 194 g/mol. The van der Waals surface area contributed by atoms with E-state index in [-0.39, 0.29) is 5.41 Å². The Hall–Kier alpha value is -0.590. The van der Waals surface area contributed by atoms with Crippen molar-refractivity contribution in [1.29, 1.82) is 0 Å². The highest BCUT2D eigenvalue weighted by Crippen LogP contribution is 2.38. The second-order valence-corrected chi connectivity index (χ2v) is 5.01. The molecule has 0 aromatic heterocycles. The van der Waals surface area contributed by atoms with E-state index in [0.29, 0.717) is 5.78 Å². The number of unbranched alkanes of at least 4 members (excludes halogenated alkanes) is 3. The van der Waals surface area contributed by atoms with Crippen LogP contribution in [0.5, 0.6) is 0 Å². The lowest BCUT2D eigenvalue weighted by Gasteiger charge is -2.21. The van der Waals surface area contributed by atoms with Crippen molar-refractivity contribution < 1.29 is 4.79 Å². The van der Waals surface area contributed by atoms with Crippen LogP contribution in [0.4, 0.5) is 0 Å². The van der Waals surface area contributed by atoms with Crippen molar-refractivity contribution in [1.82, 2.24) is 0 Å². The predicted octanol–water partition coefficient (Wildman–Crippen LogP) is 3.88. The number of hydrogen-bond donors (Lipinski definition) is 0. The van der Waals surface area contributed by atoms with E-state index in [1.807, 2.05) is 6.08 Å². The summed E-state index contributed by atoms with van der Waals surface area (Å²) in [7, 11) is 0. The number of carbonyl (C=O) groups is 1. The van der Waals surface area contributed by atoms with Crippen LogP contribution in [0.2, 0.25) is 0 Å². The molecule has 0 spiro atoms. The molecule has 14 heavy (non-hydrogen) atoms. The first kappa shape index (κ1) is 11.5. The zero-order valence-corrected chi connectivity index (χ0v) is 9.73. The van der Waals surface area contributed by atoms with E-state index in [1.165, 1.54) is 31.3 Å². The molecule has 0 amide bonds. The third-order valence-corrected chi connectivity index (χ3v) is 3.12. The Morgan fingerprint density at radius 2 is 2.00 bits per heavy atom. The Kier molecular flexibility index (Phi) is 3.91. The highest BCUT2D eigenvalue weighted by atomic mass is 16.1. The fraction of sp³-hybridized carbons (Fsp3) is 0.769. The molecule has 0 saturated heterocycles. The molecule has 1 nitrogen and oxygen atoms in total. The summed E-state index contributed by atoms with van der Waals surface area (Å²) in [5.41, 5.74) is 1.52. The van der Waals surface area contributed by atoms with Gasteiger partial charge in [-0.3, -0.25) is 4.79 Å². The summed E-state index contributed by atoms with van der Waals surface area (Å²) in [6, 6.07) is 0. The Bertz CT molecular complexity index is 236. The molecule has 1 aliphatic rings. The highest BCUT2D eigenvalue weighted by Gasteiger charge is 2.31. The number of carbonyl (C=O) groups excluding carboxylic acids is 1. The van der Waals surface area contributed by atoms with E-state index in [0.717, 1.165) is 12.8 Å². The standard InChI is InChI=1S/C13H22O/c1-4-5-6-7-8-11-9-12(14)10-13(11,2)3/h9H,4-8,10H2,1-3H3. The molecule has 0 radical (unpaired) electrons. The van der Waals surface area contributed by atoms with Crippen molar-refractivity contribution in [3.8, 4) is 0 Å². The topological polar surface area (TPSA) is 17.1 Å². The second-order valence-electron chi connectivity index (χ2n) is 5.01. The van der Waals surface area contributed by atoms with Gasteiger partial charge in [-0.05, 0) is 24.3 Å². The van der Waals surface area contributed by atoms with Crippen LogP contribution >= 0.6 is 0 Å². The smallest absolute Gasteiger partial charge is 0.156 e. The maximum absolute atomic E-state index is 11.3. The van der Waals surface area contributed by atoms with Crippen molar-refractivity contribution in [2.45, 2.75) is 59.3 Å². The molecular formula is C13H22O. The molecule has 0 aromatic rings. The lowest BCUT2D eigenvalue weighted by atomic mass is 9.83. The monoisotopic (exact) mass is 194 g/mol. The van der Waals surface area contributed by atoms with E-state index in [1.54, 1.807) is 0 Å². The van der Waals surface area contributed by atoms with Gasteiger partial charge in [0.25, 0.3) is 0 Å². The molecule has 1 aliphatic carbocycles. The Morgan fingerprint density at radius 3 is 2.50 bits per heavy atom. The van der Waals surface area contributed by atoms with Crippen LogP contribution in [-0.2, 0) is 4.79 Å². The lowest BCUT2D eigenvalue weighted by Crippen LogP contribution is -2.11. The van der Waals surface area contributed by atoms with Gasteiger partial charge in [-0.15, -0.1) is 0 Å². The lowest BCUT2D eigenvalue weighted by molar-refractivity contribution is -0.115. The minimum Gasteiger partial charge on any atom is -0.295 e. The number of allylic oxidation sites excluding steroid dienone is 2. The van der Waals surface area contributed by atoms with E-state index in [2.05, 4.69) is 20.8 Å². The first-order valence-corrected chi connectivity index (χ1v) is 5.80. The van der Waals surface area contributed by atoms with Crippen molar-refractivity contribution >= 4 is 5.78 Å². The summed E-state index contributed by atoms with van der Waals surface area (Å²) in [6.07, 6.45) is 8.87. The van der Waals surface area contributed by atoms with Crippen LogP contribution in [0.25, 0.3) is 0 Å². The summed E-state index contributed by atoms with van der Waals surface area (Å²) in [4.78, 5) is 11.3. The zero-order valence-electron chi connectivity index (χ0n) is 9.73. The molecule has 0 aromatic carbocycles. The van der Waals surface area contributed by atoms with Crippen molar-refractivity contribution in [3.63, 3.8) is 0 Å². The van der Waals surface area contributed by atoms with Crippen molar-refractivity contribution in [2.75, 3.05) is 0 Å². The summed E-state index contributed by atoms with van der Waals surface area (Å²) in [5.74, 6) is 0.320. The molecule has 80 valence electrons. The summed E-state index contributed by atoms with van der Waals surface area (Å²) in [6.45, 7) is 6.59. The average Bonchev–Trinajstić information content (AvgIpc) is 2.33. The quantitative estimate of drug-likeness (QED) is 0.607. The van der Waals surface area contributed by atoms with Crippen LogP contribution in [0, 0.1) is 5.41 Å². The third kappa shape index (κ3) is 2.97. The maximum Gasteiger partial charge on any atom is 0.156 e. The molecule has 0 fully saturated rings. The van der Waals surface area contributed by atoms with Gasteiger partial charge in [-0.25, -0.2) is 0 Å². The van der Waals surface area contributed by atoms with Gasteiger partial charge in [-0.2, -0.15) is 0 Å². The van der Waals surface area contributed by atoms with Gasteiger partial charge in [-0.1, -0.05) is 45.6 Å². The van der Waals surface area contributed by atoms with Gasteiger partial charge < -0.3 is 0 Å². The predicted molar refractivity (Wildman–Crippen MR) is 60.2 cm³/mol. The molecule has 0 aliphatic heterocycles. The molecule has 0 unspecified atom stereocenters.